The van der Waals surface area contributed by atoms with Crippen LogP contribution in [0.15, 0.2) is 30.5 Å². The first kappa shape index (κ1) is 13.2. The van der Waals surface area contributed by atoms with Crippen molar-refractivity contribution in [2.24, 2.45) is 11.8 Å². The zero-order valence-electron chi connectivity index (χ0n) is 12.0. The molecule has 3 nitrogen and oxygen atoms in total. The van der Waals surface area contributed by atoms with Gasteiger partial charge in [-0.3, -0.25) is 4.79 Å². The lowest BCUT2D eigenvalue weighted by atomic mass is 9.80. The van der Waals surface area contributed by atoms with Gasteiger partial charge in [-0.1, -0.05) is 32.3 Å². The Kier molecular flexibility index (Phi) is 3.77. The highest BCUT2D eigenvalue weighted by molar-refractivity contribution is 5.97. The summed E-state index contributed by atoms with van der Waals surface area (Å²) in [6.07, 6.45) is 7.09. The van der Waals surface area contributed by atoms with E-state index in [4.69, 9.17) is 0 Å². The Morgan fingerprint density at radius 2 is 2.15 bits per heavy atom. The van der Waals surface area contributed by atoms with E-state index in [1.165, 1.54) is 25.7 Å². The molecule has 3 rings (SSSR count). The molecule has 2 atom stereocenters. The molecule has 1 aromatic heterocycles. The molecule has 1 aromatic carbocycles. The maximum absolute atomic E-state index is 12.2. The van der Waals surface area contributed by atoms with Crippen LogP contribution in [-0.4, -0.2) is 17.4 Å². The summed E-state index contributed by atoms with van der Waals surface area (Å²) in [6, 6.07) is 7.83. The predicted molar refractivity (Wildman–Crippen MR) is 81.8 cm³/mol. The smallest absolute Gasteiger partial charge is 0.251 e. The molecule has 2 unspecified atom stereocenters. The van der Waals surface area contributed by atoms with E-state index in [2.05, 4.69) is 17.2 Å². The summed E-state index contributed by atoms with van der Waals surface area (Å²) in [5.41, 5.74) is 1.76. The third-order valence-corrected chi connectivity index (χ3v) is 4.63. The van der Waals surface area contributed by atoms with E-state index in [1.54, 1.807) is 0 Å². The molecule has 3 heteroatoms. The molecule has 0 saturated heterocycles. The van der Waals surface area contributed by atoms with Crippen LogP contribution in [0.25, 0.3) is 10.9 Å². The number of carbonyl (C=O) groups excluding carboxylic acids is 1. The largest absolute Gasteiger partial charge is 0.361 e. The number of aromatic nitrogens is 1. The maximum atomic E-state index is 12.2. The van der Waals surface area contributed by atoms with Crippen LogP contribution in [0.4, 0.5) is 0 Å². The fraction of sp³-hybridized carbons (Fsp3) is 0.471. The van der Waals surface area contributed by atoms with Gasteiger partial charge in [0.05, 0.1) is 0 Å². The number of hydrogen-bond donors (Lipinski definition) is 2. The fourth-order valence-corrected chi connectivity index (χ4v) is 3.21. The lowest BCUT2D eigenvalue weighted by Gasteiger charge is -2.28. The van der Waals surface area contributed by atoms with Crippen LogP contribution >= 0.6 is 0 Å². The van der Waals surface area contributed by atoms with E-state index in [1.807, 2.05) is 30.5 Å². The molecule has 0 aliphatic heterocycles. The molecule has 0 spiro atoms. The summed E-state index contributed by atoms with van der Waals surface area (Å²) in [7, 11) is 0. The van der Waals surface area contributed by atoms with Gasteiger partial charge in [0.2, 0.25) is 0 Å². The third kappa shape index (κ3) is 2.72. The minimum Gasteiger partial charge on any atom is -0.361 e. The first-order valence-electron chi connectivity index (χ1n) is 7.59. The SMILES string of the molecule is CC1CCCCC1CNC(=O)c1ccc2cc[nH]c2c1. The number of benzene rings is 1. The van der Waals surface area contributed by atoms with Gasteiger partial charge in [-0.2, -0.15) is 0 Å². The number of carbonyl (C=O) groups is 1. The average molecular weight is 270 g/mol. The molecule has 1 heterocycles. The molecule has 0 bridgehead atoms. The van der Waals surface area contributed by atoms with Gasteiger partial charge in [0.25, 0.3) is 5.91 Å². The van der Waals surface area contributed by atoms with Gasteiger partial charge < -0.3 is 10.3 Å². The highest BCUT2D eigenvalue weighted by atomic mass is 16.1. The number of nitrogens with one attached hydrogen (secondary N) is 2. The number of hydrogen-bond acceptors (Lipinski definition) is 1. The van der Waals surface area contributed by atoms with Crippen LogP contribution < -0.4 is 5.32 Å². The lowest BCUT2D eigenvalue weighted by Crippen LogP contribution is -2.33. The Bertz CT molecular complexity index is 602. The molecule has 1 aliphatic rings. The Balaban J connectivity index is 1.63. The van der Waals surface area contributed by atoms with Crippen molar-refractivity contribution in [3.8, 4) is 0 Å². The maximum Gasteiger partial charge on any atom is 0.251 e. The molecule has 1 aliphatic carbocycles. The second-order valence-electron chi connectivity index (χ2n) is 6.01. The van der Waals surface area contributed by atoms with E-state index in [0.29, 0.717) is 5.92 Å². The van der Waals surface area contributed by atoms with Crippen molar-refractivity contribution in [2.75, 3.05) is 6.54 Å². The van der Waals surface area contributed by atoms with Gasteiger partial charge in [-0.05, 0) is 41.8 Å². The van der Waals surface area contributed by atoms with Crippen molar-refractivity contribution in [1.82, 2.24) is 10.3 Å². The number of rotatable bonds is 3. The quantitative estimate of drug-likeness (QED) is 0.877. The van der Waals surface area contributed by atoms with E-state index in [0.717, 1.165) is 28.9 Å². The number of amides is 1. The molecular weight excluding hydrogens is 248 g/mol. The number of aromatic amines is 1. The van der Waals surface area contributed by atoms with Crippen LogP contribution in [0.5, 0.6) is 0 Å². The number of H-pyrrole nitrogens is 1. The van der Waals surface area contributed by atoms with Gasteiger partial charge in [0.15, 0.2) is 0 Å². The normalized spacial score (nSPS) is 22.9. The molecule has 0 radical (unpaired) electrons. The second kappa shape index (κ2) is 5.70. The van der Waals surface area contributed by atoms with Gasteiger partial charge in [-0.15, -0.1) is 0 Å². The monoisotopic (exact) mass is 270 g/mol. The zero-order chi connectivity index (χ0) is 13.9. The Morgan fingerprint density at radius 1 is 1.30 bits per heavy atom. The fourth-order valence-electron chi connectivity index (χ4n) is 3.21. The van der Waals surface area contributed by atoms with E-state index in [-0.39, 0.29) is 5.91 Å². The van der Waals surface area contributed by atoms with Crippen molar-refractivity contribution in [1.29, 1.82) is 0 Å². The minimum absolute atomic E-state index is 0.0410. The van der Waals surface area contributed by atoms with Crippen LogP contribution in [0.1, 0.15) is 43.0 Å². The molecule has 20 heavy (non-hydrogen) atoms. The van der Waals surface area contributed by atoms with Crippen LogP contribution in [0, 0.1) is 11.8 Å². The molecule has 1 amide bonds. The molecule has 106 valence electrons. The molecule has 1 saturated carbocycles. The van der Waals surface area contributed by atoms with Gasteiger partial charge in [-0.25, -0.2) is 0 Å². The third-order valence-electron chi connectivity index (χ3n) is 4.63. The first-order chi connectivity index (χ1) is 9.74. The van der Waals surface area contributed by atoms with E-state index < -0.39 is 0 Å². The van der Waals surface area contributed by atoms with Crippen molar-refractivity contribution < 1.29 is 4.79 Å². The zero-order valence-corrected chi connectivity index (χ0v) is 12.0. The summed E-state index contributed by atoms with van der Waals surface area (Å²) in [4.78, 5) is 15.4. The summed E-state index contributed by atoms with van der Waals surface area (Å²) in [5, 5.41) is 4.24. The van der Waals surface area contributed by atoms with Gasteiger partial charge >= 0.3 is 0 Å². The van der Waals surface area contributed by atoms with Gasteiger partial charge in [0.1, 0.15) is 0 Å². The highest BCUT2D eigenvalue weighted by Gasteiger charge is 2.21. The lowest BCUT2D eigenvalue weighted by molar-refractivity contribution is 0.0936. The Labute approximate surface area is 119 Å². The second-order valence-corrected chi connectivity index (χ2v) is 6.01. The standard InChI is InChI=1S/C17H22N2O/c1-12-4-2-3-5-15(12)11-19-17(20)14-7-6-13-8-9-18-16(13)10-14/h6-10,12,15,18H,2-5,11H2,1H3,(H,19,20). The summed E-state index contributed by atoms with van der Waals surface area (Å²) in [6.45, 7) is 3.11. The highest BCUT2D eigenvalue weighted by Crippen LogP contribution is 2.28. The van der Waals surface area contributed by atoms with Crippen LogP contribution in [0.2, 0.25) is 0 Å². The summed E-state index contributed by atoms with van der Waals surface area (Å²) >= 11 is 0. The van der Waals surface area contributed by atoms with Crippen molar-refractivity contribution in [2.45, 2.75) is 32.6 Å². The van der Waals surface area contributed by atoms with E-state index in [9.17, 15) is 4.79 Å². The average Bonchev–Trinajstić information content (AvgIpc) is 2.93. The van der Waals surface area contributed by atoms with Crippen molar-refractivity contribution in [3.63, 3.8) is 0 Å². The predicted octanol–water partition coefficient (Wildman–Crippen LogP) is 3.72. The van der Waals surface area contributed by atoms with Crippen LogP contribution in [-0.2, 0) is 0 Å². The molecule has 1 fully saturated rings. The minimum atomic E-state index is 0.0410. The molecule has 2 aromatic rings. The summed E-state index contributed by atoms with van der Waals surface area (Å²) in [5.74, 6) is 1.41. The van der Waals surface area contributed by atoms with Crippen molar-refractivity contribution in [3.05, 3.63) is 36.0 Å². The molecular formula is C17H22N2O. The van der Waals surface area contributed by atoms with E-state index >= 15 is 0 Å². The van der Waals surface area contributed by atoms with Crippen molar-refractivity contribution >= 4 is 16.8 Å². The Hall–Kier alpha value is -1.77. The Morgan fingerprint density at radius 3 is 3.00 bits per heavy atom. The summed E-state index contributed by atoms with van der Waals surface area (Å²) < 4.78 is 0. The van der Waals surface area contributed by atoms with Gasteiger partial charge in [0, 0.05) is 23.8 Å². The number of fused-ring (bicyclic) bond motifs is 1. The topological polar surface area (TPSA) is 44.9 Å². The first-order valence-corrected chi connectivity index (χ1v) is 7.59. The molecule has 2 N–H and O–H groups in total. The van der Waals surface area contributed by atoms with Crippen LogP contribution in [0.3, 0.4) is 0 Å².